The summed E-state index contributed by atoms with van der Waals surface area (Å²) in [6.07, 6.45) is 18.1. The molecule has 2 spiro atoms. The van der Waals surface area contributed by atoms with Gasteiger partial charge in [0.15, 0.2) is 0 Å². The van der Waals surface area contributed by atoms with Gasteiger partial charge in [0.1, 0.15) is 5.60 Å². The van der Waals surface area contributed by atoms with Crippen LogP contribution in [-0.2, 0) is 9.47 Å². The first-order chi connectivity index (χ1) is 17.9. The van der Waals surface area contributed by atoms with Crippen LogP contribution in [0.1, 0.15) is 69.8 Å². The molecular weight excluding hydrogens is 460 g/mol. The zero-order valence-corrected chi connectivity index (χ0v) is 21.8. The molecule has 5 nitrogen and oxygen atoms in total. The van der Waals surface area contributed by atoms with E-state index in [9.17, 15) is 5.11 Å². The Balaban J connectivity index is 1.09. The molecular formula is C32H38N2O3. The van der Waals surface area contributed by atoms with Gasteiger partial charge in [-0.15, -0.1) is 0 Å². The third-order valence-electron chi connectivity index (χ3n) is 11.2. The molecule has 4 fully saturated rings. The van der Waals surface area contributed by atoms with Crippen molar-refractivity contribution in [3.63, 3.8) is 0 Å². The molecule has 2 saturated carbocycles. The van der Waals surface area contributed by atoms with E-state index in [1.807, 2.05) is 12.4 Å². The van der Waals surface area contributed by atoms with Gasteiger partial charge in [-0.1, -0.05) is 31.2 Å². The molecule has 2 saturated heterocycles. The minimum atomic E-state index is -0.684. The number of hydrogen-bond donors (Lipinski definition) is 2. The van der Waals surface area contributed by atoms with Gasteiger partial charge in [-0.2, -0.15) is 0 Å². The van der Waals surface area contributed by atoms with Crippen LogP contribution in [0.2, 0.25) is 0 Å². The molecule has 3 aliphatic heterocycles. The van der Waals surface area contributed by atoms with Crippen molar-refractivity contribution in [1.29, 1.82) is 0 Å². The van der Waals surface area contributed by atoms with E-state index < -0.39 is 5.60 Å². The molecule has 37 heavy (non-hydrogen) atoms. The van der Waals surface area contributed by atoms with Crippen molar-refractivity contribution in [3.05, 3.63) is 65.5 Å². The summed E-state index contributed by atoms with van der Waals surface area (Å²) in [7, 11) is 0. The van der Waals surface area contributed by atoms with Gasteiger partial charge in [-0.3, -0.25) is 4.98 Å². The monoisotopic (exact) mass is 498 g/mol. The Morgan fingerprint density at radius 1 is 1.11 bits per heavy atom. The fourth-order valence-electron chi connectivity index (χ4n) is 9.22. The summed E-state index contributed by atoms with van der Waals surface area (Å²) in [6, 6.07) is 9.54. The first kappa shape index (κ1) is 22.9. The third-order valence-corrected chi connectivity index (χ3v) is 11.2. The lowest BCUT2D eigenvalue weighted by Gasteiger charge is -2.54. The minimum Gasteiger partial charge on any atom is -0.384 e. The molecule has 2 aromatic rings. The Labute approximate surface area is 219 Å². The van der Waals surface area contributed by atoms with E-state index in [2.05, 4.69) is 53.6 Å². The largest absolute Gasteiger partial charge is 0.384 e. The maximum absolute atomic E-state index is 10.5. The molecule has 194 valence electrons. The van der Waals surface area contributed by atoms with Crippen molar-refractivity contribution in [2.45, 2.75) is 87.1 Å². The van der Waals surface area contributed by atoms with Crippen molar-refractivity contribution in [3.8, 4) is 0 Å². The number of ether oxygens (including phenoxy) is 2. The Hall–Kier alpha value is -2.05. The maximum Gasteiger partial charge on any atom is 0.123 e. The summed E-state index contributed by atoms with van der Waals surface area (Å²) >= 11 is 0. The number of benzene rings is 1. The lowest BCUT2D eigenvalue weighted by atomic mass is 9.58. The van der Waals surface area contributed by atoms with Crippen LogP contribution >= 0.6 is 0 Å². The van der Waals surface area contributed by atoms with Crippen LogP contribution in [0.4, 0.5) is 0 Å². The van der Waals surface area contributed by atoms with E-state index >= 15 is 0 Å². The van der Waals surface area contributed by atoms with Crippen molar-refractivity contribution in [2.24, 2.45) is 11.3 Å². The van der Waals surface area contributed by atoms with Gasteiger partial charge in [0.2, 0.25) is 0 Å². The standard InChI is InChI=1S/C32H38N2O3/c1-29-10-8-25-15-24-4-5-26(34-18-30(35)19-36-20-30)16-31(24)11-12-32(25,37-31)28(29)7-6-27(29)22-3-2-21-9-13-33-17-23(21)14-22/h2-3,8-9,13-15,17,26-28,34-35H,4-7,10-12,16,18-20H2,1H3/t26-,27-,28-,29-,31?,32-/m1/s1. The molecule has 2 bridgehead atoms. The van der Waals surface area contributed by atoms with Crippen molar-refractivity contribution in [2.75, 3.05) is 19.8 Å². The first-order valence-electron chi connectivity index (χ1n) is 14.4. The Morgan fingerprint density at radius 2 is 2.03 bits per heavy atom. The van der Waals surface area contributed by atoms with Crippen molar-refractivity contribution >= 4 is 10.8 Å². The molecule has 6 aliphatic rings. The predicted octanol–water partition coefficient (Wildman–Crippen LogP) is 5.20. The van der Waals surface area contributed by atoms with E-state index in [1.165, 1.54) is 40.3 Å². The van der Waals surface area contributed by atoms with Gasteiger partial charge < -0.3 is 19.9 Å². The second kappa shape index (κ2) is 7.75. The van der Waals surface area contributed by atoms with Gasteiger partial charge >= 0.3 is 0 Å². The van der Waals surface area contributed by atoms with Crippen LogP contribution in [0.3, 0.4) is 0 Å². The smallest absolute Gasteiger partial charge is 0.123 e. The second-order valence-electron chi connectivity index (χ2n) is 13.2. The number of aromatic nitrogens is 1. The number of allylic oxidation sites excluding steroid dienone is 1. The number of hydrogen-bond acceptors (Lipinski definition) is 5. The van der Waals surface area contributed by atoms with E-state index in [-0.39, 0.29) is 16.6 Å². The van der Waals surface area contributed by atoms with Crippen LogP contribution in [0.5, 0.6) is 0 Å². The van der Waals surface area contributed by atoms with Gasteiger partial charge in [0.25, 0.3) is 0 Å². The number of nitrogens with one attached hydrogen (secondary N) is 1. The zero-order valence-electron chi connectivity index (χ0n) is 21.8. The quantitative estimate of drug-likeness (QED) is 0.607. The number of fused-ring (bicyclic) bond motifs is 2. The molecule has 2 N–H and O–H groups in total. The topological polar surface area (TPSA) is 63.6 Å². The fourth-order valence-corrected chi connectivity index (χ4v) is 9.22. The summed E-state index contributed by atoms with van der Waals surface area (Å²) < 4.78 is 12.7. The van der Waals surface area contributed by atoms with Crippen LogP contribution < -0.4 is 5.32 Å². The van der Waals surface area contributed by atoms with Crippen LogP contribution in [-0.4, -0.2) is 52.7 Å². The van der Waals surface area contributed by atoms with E-state index in [0.29, 0.717) is 37.6 Å². The summed E-state index contributed by atoms with van der Waals surface area (Å²) in [5, 5.41) is 16.7. The Bertz CT molecular complexity index is 1330. The molecule has 0 amide bonds. The van der Waals surface area contributed by atoms with Gasteiger partial charge in [0.05, 0.1) is 24.4 Å². The first-order valence-corrected chi connectivity index (χ1v) is 14.4. The highest BCUT2D eigenvalue weighted by atomic mass is 16.5. The lowest BCUT2D eigenvalue weighted by molar-refractivity contribution is -0.177. The number of aliphatic hydroxyl groups is 1. The van der Waals surface area contributed by atoms with E-state index in [1.54, 1.807) is 0 Å². The number of nitrogens with zero attached hydrogens (tertiary/aromatic N) is 1. The van der Waals surface area contributed by atoms with E-state index in [4.69, 9.17) is 9.47 Å². The Morgan fingerprint density at radius 3 is 2.89 bits per heavy atom. The highest BCUT2D eigenvalue weighted by Gasteiger charge is 2.66. The SMILES string of the molecule is C[C@]12CC=C3C=C4CC[C@@H](NCC5(O)COC5)CC45CC[C@]3(O5)[C@@H]1CC[C@@H]2c1ccc2ccncc2c1. The predicted molar refractivity (Wildman–Crippen MR) is 143 cm³/mol. The molecule has 1 aromatic carbocycles. The zero-order chi connectivity index (χ0) is 24.9. The highest BCUT2D eigenvalue weighted by Crippen LogP contribution is 2.69. The van der Waals surface area contributed by atoms with Gasteiger partial charge in [0, 0.05) is 30.4 Å². The Kier molecular flexibility index (Phi) is 4.80. The third kappa shape index (κ3) is 3.21. The average Bonchev–Trinajstić information content (AvgIpc) is 3.41. The minimum absolute atomic E-state index is 0.128. The average molecular weight is 499 g/mol. The van der Waals surface area contributed by atoms with Gasteiger partial charge in [-0.05, 0) is 103 Å². The molecule has 3 aliphatic carbocycles. The van der Waals surface area contributed by atoms with Crippen LogP contribution in [0.25, 0.3) is 10.8 Å². The molecule has 1 aromatic heterocycles. The summed E-state index contributed by atoms with van der Waals surface area (Å²) in [4.78, 5) is 4.38. The molecule has 0 radical (unpaired) electrons. The number of pyridine rings is 1. The fraction of sp³-hybridized carbons (Fsp3) is 0.594. The summed E-state index contributed by atoms with van der Waals surface area (Å²) in [5.74, 6) is 1.10. The van der Waals surface area contributed by atoms with Crippen molar-refractivity contribution in [1.82, 2.24) is 10.3 Å². The van der Waals surface area contributed by atoms with Crippen LogP contribution in [0, 0.1) is 11.3 Å². The summed E-state index contributed by atoms with van der Waals surface area (Å²) in [5.41, 5.74) is 3.73. The molecule has 5 heteroatoms. The maximum atomic E-state index is 10.5. The number of rotatable bonds is 4. The van der Waals surface area contributed by atoms with Crippen LogP contribution in [0.15, 0.2) is 60.0 Å². The van der Waals surface area contributed by atoms with Crippen molar-refractivity contribution < 1.29 is 14.6 Å². The molecule has 1 unspecified atom stereocenters. The molecule has 6 atom stereocenters. The normalized spacial score (nSPS) is 41.3. The molecule has 8 rings (SSSR count). The van der Waals surface area contributed by atoms with Gasteiger partial charge in [-0.25, -0.2) is 0 Å². The molecule has 4 heterocycles. The summed E-state index contributed by atoms with van der Waals surface area (Å²) in [6.45, 7) is 4.07. The highest BCUT2D eigenvalue weighted by molar-refractivity contribution is 5.82. The lowest BCUT2D eigenvalue weighted by Crippen LogP contribution is -2.59. The van der Waals surface area contributed by atoms with E-state index in [0.717, 1.165) is 38.5 Å². The second-order valence-corrected chi connectivity index (χ2v) is 13.2.